The van der Waals surface area contributed by atoms with Crippen LogP contribution in [0.1, 0.15) is 46.0 Å². The zero-order chi connectivity index (χ0) is 10.4. The maximum atomic E-state index is 11.9. The zero-order valence-electron chi connectivity index (χ0n) is 8.84. The van der Waals surface area contributed by atoms with Crippen molar-refractivity contribution in [2.24, 2.45) is 0 Å². The van der Waals surface area contributed by atoms with Gasteiger partial charge in [0.1, 0.15) is 11.2 Å². The van der Waals surface area contributed by atoms with Crippen LogP contribution in [0.2, 0.25) is 0 Å². The molecule has 4 heteroatoms. The Hall–Kier alpha value is -0.610. The molecule has 1 saturated heterocycles. The van der Waals surface area contributed by atoms with Crippen molar-refractivity contribution in [3.05, 3.63) is 0 Å². The number of rotatable bonds is 0. The van der Waals surface area contributed by atoms with E-state index in [-0.39, 0.29) is 5.91 Å². The van der Waals surface area contributed by atoms with Gasteiger partial charge in [-0.25, -0.2) is 0 Å². The van der Waals surface area contributed by atoms with Crippen LogP contribution in [0, 0.1) is 0 Å². The summed E-state index contributed by atoms with van der Waals surface area (Å²) in [6, 6.07) is 0. The second-order valence-corrected chi connectivity index (χ2v) is 4.92. The van der Waals surface area contributed by atoms with E-state index in [1.165, 1.54) is 11.5 Å². The molecule has 2 aliphatic rings. The fourth-order valence-corrected chi connectivity index (χ4v) is 2.65. The van der Waals surface area contributed by atoms with Gasteiger partial charge in [-0.2, -0.15) is 5.06 Å². The van der Waals surface area contributed by atoms with Crippen molar-refractivity contribution in [2.75, 3.05) is 0 Å². The van der Waals surface area contributed by atoms with Crippen molar-refractivity contribution in [1.82, 2.24) is 10.4 Å². The average Bonchev–Trinajstić information content (AvgIpc) is 2.30. The molecule has 0 unspecified atom stereocenters. The summed E-state index contributed by atoms with van der Waals surface area (Å²) in [4.78, 5) is 11.9. The van der Waals surface area contributed by atoms with E-state index in [1.54, 1.807) is 0 Å². The largest absolute Gasteiger partial charge is 0.335 e. The van der Waals surface area contributed by atoms with E-state index in [2.05, 4.69) is 5.32 Å². The third-order valence-corrected chi connectivity index (χ3v) is 3.46. The Kier molecular flexibility index (Phi) is 2.08. The second kappa shape index (κ2) is 2.94. The molecule has 1 aliphatic carbocycles. The van der Waals surface area contributed by atoms with Gasteiger partial charge in [0.05, 0.1) is 0 Å². The predicted octanol–water partition coefficient (Wildman–Crippen LogP) is 1.25. The van der Waals surface area contributed by atoms with Crippen molar-refractivity contribution in [2.45, 2.75) is 57.2 Å². The van der Waals surface area contributed by atoms with E-state index in [9.17, 15) is 10.0 Å². The summed E-state index contributed by atoms with van der Waals surface area (Å²) in [5.74, 6) is -0.00954. The molecule has 0 atom stereocenters. The van der Waals surface area contributed by atoms with Crippen LogP contribution < -0.4 is 5.32 Å². The number of hydrogen-bond acceptors (Lipinski definition) is 3. The topological polar surface area (TPSA) is 52.6 Å². The summed E-state index contributed by atoms with van der Waals surface area (Å²) in [5, 5.41) is 14.1. The van der Waals surface area contributed by atoms with Gasteiger partial charge in [-0.15, -0.1) is 0 Å². The van der Waals surface area contributed by atoms with Gasteiger partial charge in [0.25, 0.3) is 0 Å². The first-order chi connectivity index (χ1) is 6.49. The van der Waals surface area contributed by atoms with Crippen LogP contribution in [0.5, 0.6) is 0 Å². The Balaban J connectivity index is 2.29. The van der Waals surface area contributed by atoms with Crippen molar-refractivity contribution in [3.8, 4) is 0 Å². The lowest BCUT2D eigenvalue weighted by atomic mass is 9.81. The molecular weight excluding hydrogens is 180 g/mol. The quantitative estimate of drug-likeness (QED) is 0.616. The first-order valence-corrected chi connectivity index (χ1v) is 5.31. The van der Waals surface area contributed by atoms with E-state index in [0.29, 0.717) is 0 Å². The molecule has 14 heavy (non-hydrogen) atoms. The third-order valence-electron chi connectivity index (χ3n) is 3.46. The van der Waals surface area contributed by atoms with Crippen molar-refractivity contribution >= 4 is 5.91 Å². The number of amides is 1. The standard InChI is InChI=1S/C10H18N2O2/c1-9(2)11-8(13)10(12(9)14)6-4-3-5-7-10/h14H,3-7H2,1-2H3,(H,11,13). The summed E-state index contributed by atoms with van der Waals surface area (Å²) < 4.78 is 0. The van der Waals surface area contributed by atoms with Gasteiger partial charge in [0.2, 0.25) is 5.91 Å². The molecule has 2 N–H and O–H groups in total. The van der Waals surface area contributed by atoms with Crippen molar-refractivity contribution in [1.29, 1.82) is 0 Å². The molecule has 1 saturated carbocycles. The Bertz CT molecular complexity index is 257. The maximum absolute atomic E-state index is 11.9. The SMILES string of the molecule is CC1(C)NC(=O)C2(CCCCC2)N1O. The van der Waals surface area contributed by atoms with E-state index >= 15 is 0 Å². The van der Waals surface area contributed by atoms with Gasteiger partial charge in [-0.3, -0.25) is 4.79 Å². The Morgan fingerprint density at radius 1 is 1.29 bits per heavy atom. The number of carbonyl (C=O) groups is 1. The molecule has 2 fully saturated rings. The number of nitrogens with zero attached hydrogens (tertiary/aromatic N) is 1. The third kappa shape index (κ3) is 1.17. The summed E-state index contributed by atoms with van der Waals surface area (Å²) >= 11 is 0. The van der Waals surface area contributed by atoms with Crippen LogP contribution in [-0.2, 0) is 4.79 Å². The molecule has 1 amide bonds. The van der Waals surface area contributed by atoms with E-state index in [0.717, 1.165) is 25.7 Å². The number of hydrogen-bond donors (Lipinski definition) is 2. The molecule has 4 nitrogen and oxygen atoms in total. The molecule has 1 heterocycles. The molecule has 0 aromatic carbocycles. The van der Waals surface area contributed by atoms with Gasteiger partial charge in [-0.1, -0.05) is 19.3 Å². The molecule has 1 aliphatic heterocycles. The molecule has 80 valence electrons. The monoisotopic (exact) mass is 198 g/mol. The minimum Gasteiger partial charge on any atom is -0.335 e. The first-order valence-electron chi connectivity index (χ1n) is 5.31. The maximum Gasteiger partial charge on any atom is 0.244 e. The molecule has 1 spiro atoms. The number of nitrogens with one attached hydrogen (secondary N) is 1. The van der Waals surface area contributed by atoms with Crippen LogP contribution in [0.15, 0.2) is 0 Å². The Morgan fingerprint density at radius 3 is 2.29 bits per heavy atom. The minimum absolute atomic E-state index is 0.00954. The van der Waals surface area contributed by atoms with Gasteiger partial charge >= 0.3 is 0 Å². The number of hydroxylamine groups is 2. The molecule has 0 aromatic rings. The summed E-state index contributed by atoms with van der Waals surface area (Å²) in [7, 11) is 0. The smallest absolute Gasteiger partial charge is 0.244 e. The van der Waals surface area contributed by atoms with Crippen molar-refractivity contribution in [3.63, 3.8) is 0 Å². The number of carbonyl (C=O) groups excluding carboxylic acids is 1. The highest BCUT2D eigenvalue weighted by Gasteiger charge is 2.56. The molecule has 0 radical (unpaired) electrons. The second-order valence-electron chi connectivity index (χ2n) is 4.92. The Labute approximate surface area is 84.2 Å². The lowest BCUT2D eigenvalue weighted by molar-refractivity contribution is -0.211. The summed E-state index contributed by atoms with van der Waals surface area (Å²) in [5.41, 5.74) is -1.25. The van der Waals surface area contributed by atoms with Gasteiger partial charge in [0.15, 0.2) is 0 Å². The van der Waals surface area contributed by atoms with Crippen LogP contribution >= 0.6 is 0 Å². The fraction of sp³-hybridized carbons (Fsp3) is 0.900. The summed E-state index contributed by atoms with van der Waals surface area (Å²) in [6.45, 7) is 3.66. The van der Waals surface area contributed by atoms with Crippen molar-refractivity contribution < 1.29 is 10.0 Å². The molecule has 2 rings (SSSR count). The van der Waals surface area contributed by atoms with E-state index in [1.807, 2.05) is 13.8 Å². The van der Waals surface area contributed by atoms with Crippen LogP contribution in [0.4, 0.5) is 0 Å². The van der Waals surface area contributed by atoms with Crippen LogP contribution in [-0.4, -0.2) is 27.4 Å². The molecular formula is C10H18N2O2. The zero-order valence-corrected chi connectivity index (χ0v) is 8.84. The van der Waals surface area contributed by atoms with E-state index < -0.39 is 11.2 Å². The normalized spacial score (nSPS) is 30.6. The molecule has 0 aromatic heterocycles. The highest BCUT2D eigenvalue weighted by atomic mass is 16.5. The average molecular weight is 198 g/mol. The van der Waals surface area contributed by atoms with Gasteiger partial charge in [-0.05, 0) is 26.7 Å². The lowest BCUT2D eigenvalue weighted by Crippen LogP contribution is -2.53. The van der Waals surface area contributed by atoms with Gasteiger partial charge < -0.3 is 10.5 Å². The lowest BCUT2D eigenvalue weighted by Gasteiger charge is -2.38. The predicted molar refractivity (Wildman–Crippen MR) is 51.7 cm³/mol. The van der Waals surface area contributed by atoms with Gasteiger partial charge in [0, 0.05) is 0 Å². The highest BCUT2D eigenvalue weighted by Crippen LogP contribution is 2.40. The summed E-state index contributed by atoms with van der Waals surface area (Å²) in [6.07, 6.45) is 4.78. The highest BCUT2D eigenvalue weighted by molar-refractivity contribution is 5.89. The van der Waals surface area contributed by atoms with E-state index in [4.69, 9.17) is 0 Å². The van der Waals surface area contributed by atoms with Crippen LogP contribution in [0.25, 0.3) is 0 Å². The molecule has 0 bridgehead atoms. The fourth-order valence-electron chi connectivity index (χ4n) is 2.65. The first kappa shape index (κ1) is 9.93. The minimum atomic E-state index is -0.637. The Morgan fingerprint density at radius 2 is 1.86 bits per heavy atom. The van der Waals surface area contributed by atoms with Crippen LogP contribution in [0.3, 0.4) is 0 Å².